The van der Waals surface area contributed by atoms with Gasteiger partial charge < -0.3 is 10.5 Å². The largest absolute Gasteiger partial charge is 0.380 e. The molecule has 16 heavy (non-hydrogen) atoms. The van der Waals surface area contributed by atoms with Crippen molar-refractivity contribution in [3.05, 3.63) is 0 Å². The summed E-state index contributed by atoms with van der Waals surface area (Å²) < 4.78 is 5.48. The summed E-state index contributed by atoms with van der Waals surface area (Å²) in [6, 6.07) is 1.47. The van der Waals surface area contributed by atoms with E-state index in [-0.39, 0.29) is 0 Å². The lowest BCUT2D eigenvalue weighted by Gasteiger charge is -2.44. The van der Waals surface area contributed by atoms with Crippen LogP contribution in [-0.2, 0) is 4.74 Å². The summed E-state index contributed by atoms with van der Waals surface area (Å²) in [6.07, 6.45) is 3.66. The van der Waals surface area contributed by atoms with Gasteiger partial charge in [-0.15, -0.1) is 0 Å². The average molecular weight is 226 g/mol. The molecule has 2 N–H and O–H groups in total. The fourth-order valence-corrected chi connectivity index (χ4v) is 3.69. The maximum Gasteiger partial charge on any atom is 0.0622 e. The van der Waals surface area contributed by atoms with Gasteiger partial charge in [-0.2, -0.15) is 0 Å². The Hall–Kier alpha value is -0.120. The van der Waals surface area contributed by atoms with Gasteiger partial charge in [-0.05, 0) is 38.1 Å². The zero-order valence-corrected chi connectivity index (χ0v) is 10.9. The van der Waals surface area contributed by atoms with Gasteiger partial charge in [-0.1, -0.05) is 13.8 Å². The van der Waals surface area contributed by atoms with E-state index in [0.29, 0.717) is 24.0 Å². The van der Waals surface area contributed by atoms with Crippen molar-refractivity contribution in [2.75, 3.05) is 20.3 Å². The van der Waals surface area contributed by atoms with Crippen molar-refractivity contribution in [1.82, 2.24) is 4.90 Å². The fourth-order valence-electron chi connectivity index (χ4n) is 3.69. The van der Waals surface area contributed by atoms with Crippen LogP contribution < -0.4 is 5.73 Å². The molecule has 2 fully saturated rings. The number of hydrogen-bond acceptors (Lipinski definition) is 3. The van der Waals surface area contributed by atoms with Crippen LogP contribution in [0.5, 0.6) is 0 Å². The predicted octanol–water partition coefficient (Wildman–Crippen LogP) is 1.47. The quantitative estimate of drug-likeness (QED) is 0.775. The Kier molecular flexibility index (Phi) is 3.88. The molecular weight excluding hydrogens is 200 g/mol. The highest BCUT2D eigenvalue weighted by molar-refractivity contribution is 4.93. The first-order valence-corrected chi connectivity index (χ1v) is 6.65. The van der Waals surface area contributed by atoms with E-state index in [4.69, 9.17) is 10.5 Å². The number of ether oxygens (including phenoxy) is 1. The molecule has 1 aliphatic heterocycles. The molecule has 0 radical (unpaired) electrons. The summed E-state index contributed by atoms with van der Waals surface area (Å²) in [5, 5.41) is 0. The Balaban J connectivity index is 2.00. The Morgan fingerprint density at radius 2 is 2.00 bits per heavy atom. The average Bonchev–Trinajstić information content (AvgIpc) is 2.67. The number of nitrogens with two attached hydrogens (primary N) is 1. The number of likely N-dealkylation sites (N-methyl/N-ethyl adjacent to an activating group) is 1. The van der Waals surface area contributed by atoms with E-state index in [1.807, 2.05) is 0 Å². The van der Waals surface area contributed by atoms with Crippen LogP contribution in [0.3, 0.4) is 0 Å². The van der Waals surface area contributed by atoms with Crippen LogP contribution in [-0.4, -0.2) is 43.3 Å². The topological polar surface area (TPSA) is 38.5 Å². The van der Waals surface area contributed by atoms with Crippen LogP contribution in [0.25, 0.3) is 0 Å². The highest BCUT2D eigenvalue weighted by atomic mass is 16.5. The van der Waals surface area contributed by atoms with Crippen molar-refractivity contribution < 1.29 is 4.74 Å². The van der Waals surface area contributed by atoms with Crippen molar-refractivity contribution in [3.63, 3.8) is 0 Å². The number of hydrogen-bond donors (Lipinski definition) is 1. The summed E-state index contributed by atoms with van der Waals surface area (Å²) in [5.41, 5.74) is 6.35. The SMILES string of the molecule is CC1CC(C)C(N(C)C2CCOC2)C(N)C1. The van der Waals surface area contributed by atoms with E-state index in [0.717, 1.165) is 19.1 Å². The van der Waals surface area contributed by atoms with Gasteiger partial charge in [0.05, 0.1) is 6.61 Å². The molecule has 0 bridgehead atoms. The van der Waals surface area contributed by atoms with Gasteiger partial charge in [0, 0.05) is 24.7 Å². The molecule has 3 heteroatoms. The van der Waals surface area contributed by atoms with Gasteiger partial charge in [0.25, 0.3) is 0 Å². The van der Waals surface area contributed by atoms with E-state index in [2.05, 4.69) is 25.8 Å². The highest BCUT2D eigenvalue weighted by Gasteiger charge is 2.37. The summed E-state index contributed by atoms with van der Waals surface area (Å²) in [7, 11) is 2.23. The highest BCUT2D eigenvalue weighted by Crippen LogP contribution is 2.32. The second-order valence-corrected chi connectivity index (χ2v) is 5.89. The normalized spacial score (nSPS) is 45.2. The standard InChI is InChI=1S/C13H26N2O/c1-9-6-10(2)13(12(14)7-9)15(3)11-4-5-16-8-11/h9-13H,4-8,14H2,1-3H3. The first kappa shape index (κ1) is 12.3. The molecule has 0 amide bonds. The molecule has 3 nitrogen and oxygen atoms in total. The Bertz CT molecular complexity index is 216. The van der Waals surface area contributed by atoms with E-state index >= 15 is 0 Å². The molecule has 2 rings (SSSR count). The first-order valence-electron chi connectivity index (χ1n) is 6.65. The minimum Gasteiger partial charge on any atom is -0.380 e. The molecule has 1 saturated carbocycles. The van der Waals surface area contributed by atoms with Crippen molar-refractivity contribution in [3.8, 4) is 0 Å². The molecule has 1 saturated heterocycles. The lowest BCUT2D eigenvalue weighted by molar-refractivity contribution is 0.0566. The van der Waals surface area contributed by atoms with Crippen LogP contribution in [0, 0.1) is 11.8 Å². The predicted molar refractivity (Wildman–Crippen MR) is 66.3 cm³/mol. The molecule has 1 heterocycles. The van der Waals surface area contributed by atoms with Crippen LogP contribution in [0.4, 0.5) is 0 Å². The Labute approximate surface area is 99.3 Å². The van der Waals surface area contributed by atoms with Crippen molar-refractivity contribution >= 4 is 0 Å². The van der Waals surface area contributed by atoms with Gasteiger partial charge in [-0.25, -0.2) is 0 Å². The van der Waals surface area contributed by atoms with Crippen LogP contribution in [0.15, 0.2) is 0 Å². The number of rotatable bonds is 2. The summed E-state index contributed by atoms with van der Waals surface area (Å²) in [4.78, 5) is 2.49. The smallest absolute Gasteiger partial charge is 0.0622 e. The van der Waals surface area contributed by atoms with E-state index in [1.165, 1.54) is 19.3 Å². The third kappa shape index (κ3) is 2.41. The summed E-state index contributed by atoms with van der Waals surface area (Å²) in [5.74, 6) is 1.50. The zero-order valence-electron chi connectivity index (χ0n) is 10.9. The third-order valence-corrected chi connectivity index (χ3v) is 4.42. The van der Waals surface area contributed by atoms with Crippen molar-refractivity contribution in [2.24, 2.45) is 17.6 Å². The lowest BCUT2D eigenvalue weighted by atomic mass is 9.76. The molecule has 0 aromatic heterocycles. The second-order valence-electron chi connectivity index (χ2n) is 5.89. The molecule has 0 aromatic carbocycles. The molecule has 0 spiro atoms. The van der Waals surface area contributed by atoms with Gasteiger partial charge >= 0.3 is 0 Å². The summed E-state index contributed by atoms with van der Waals surface area (Å²) >= 11 is 0. The van der Waals surface area contributed by atoms with E-state index in [1.54, 1.807) is 0 Å². The Morgan fingerprint density at radius 3 is 2.56 bits per heavy atom. The van der Waals surface area contributed by atoms with Crippen molar-refractivity contribution in [2.45, 2.75) is 51.2 Å². The first-order chi connectivity index (χ1) is 7.59. The third-order valence-electron chi connectivity index (χ3n) is 4.42. The zero-order chi connectivity index (χ0) is 11.7. The maximum absolute atomic E-state index is 6.35. The molecule has 0 aromatic rings. The molecule has 5 atom stereocenters. The molecule has 5 unspecified atom stereocenters. The minimum atomic E-state index is 0.337. The summed E-state index contributed by atoms with van der Waals surface area (Å²) in [6.45, 7) is 6.49. The fraction of sp³-hybridized carbons (Fsp3) is 1.00. The molecule has 2 aliphatic rings. The van der Waals surface area contributed by atoms with Gasteiger partial charge in [0.15, 0.2) is 0 Å². The van der Waals surface area contributed by atoms with Gasteiger partial charge in [0.1, 0.15) is 0 Å². The van der Waals surface area contributed by atoms with Crippen LogP contribution in [0.1, 0.15) is 33.1 Å². The molecule has 94 valence electrons. The van der Waals surface area contributed by atoms with Gasteiger partial charge in [-0.3, -0.25) is 4.90 Å². The minimum absolute atomic E-state index is 0.337. The monoisotopic (exact) mass is 226 g/mol. The lowest BCUT2D eigenvalue weighted by Crippen LogP contribution is -2.56. The second kappa shape index (κ2) is 5.03. The molecule has 1 aliphatic carbocycles. The van der Waals surface area contributed by atoms with Crippen LogP contribution >= 0.6 is 0 Å². The van der Waals surface area contributed by atoms with Crippen LogP contribution in [0.2, 0.25) is 0 Å². The van der Waals surface area contributed by atoms with Gasteiger partial charge in [0.2, 0.25) is 0 Å². The Morgan fingerprint density at radius 1 is 1.25 bits per heavy atom. The van der Waals surface area contributed by atoms with E-state index in [9.17, 15) is 0 Å². The molecular formula is C13H26N2O. The number of nitrogens with zero attached hydrogens (tertiary/aromatic N) is 1. The maximum atomic E-state index is 6.35. The van der Waals surface area contributed by atoms with E-state index < -0.39 is 0 Å². The van der Waals surface area contributed by atoms with Crippen molar-refractivity contribution in [1.29, 1.82) is 0 Å².